The molecule has 0 saturated carbocycles. The number of nitrogens with one attached hydrogen (secondary N) is 1. The average molecular weight is 452 g/mol. The minimum Gasteiger partial charge on any atom is -0.455 e. The molecule has 1 N–H and O–H groups in total. The van der Waals surface area contributed by atoms with Crippen molar-refractivity contribution in [1.29, 1.82) is 0 Å². The lowest BCUT2D eigenvalue weighted by Gasteiger charge is -2.11. The van der Waals surface area contributed by atoms with E-state index in [1.165, 1.54) is 18.2 Å². The summed E-state index contributed by atoms with van der Waals surface area (Å²) in [5.41, 5.74) is 1.86. The Bertz CT molecular complexity index is 1300. The maximum Gasteiger partial charge on any atom is 0.259 e. The molecule has 3 aromatic carbocycles. The van der Waals surface area contributed by atoms with Gasteiger partial charge in [0.2, 0.25) is 0 Å². The fraction of sp³-hybridized carbons (Fsp3) is 0.0435. The Morgan fingerprint density at radius 3 is 2.52 bits per heavy atom. The van der Waals surface area contributed by atoms with Crippen molar-refractivity contribution in [2.45, 2.75) is 6.92 Å². The molecule has 0 bridgehead atoms. The lowest BCUT2D eigenvalue weighted by molar-refractivity contribution is 0.102. The second kappa shape index (κ2) is 7.64. The predicted molar refractivity (Wildman–Crippen MR) is 115 cm³/mol. The van der Waals surface area contributed by atoms with Crippen LogP contribution in [0.1, 0.15) is 15.9 Å². The third kappa shape index (κ3) is 3.59. The molecule has 0 radical (unpaired) electrons. The Morgan fingerprint density at radius 1 is 1.03 bits per heavy atom. The summed E-state index contributed by atoms with van der Waals surface area (Å²) in [5, 5.41) is 3.05. The van der Waals surface area contributed by atoms with Gasteiger partial charge in [-0.3, -0.25) is 9.59 Å². The summed E-state index contributed by atoms with van der Waals surface area (Å²) in [4.78, 5) is 25.8. The first-order valence-corrected chi connectivity index (χ1v) is 9.63. The smallest absolute Gasteiger partial charge is 0.259 e. The number of anilines is 1. The minimum atomic E-state index is -0.464. The highest BCUT2D eigenvalue weighted by Crippen LogP contribution is 2.29. The van der Waals surface area contributed by atoms with Crippen molar-refractivity contribution in [3.8, 4) is 11.3 Å². The van der Waals surface area contributed by atoms with Gasteiger partial charge in [0.15, 0.2) is 11.0 Å². The third-order valence-electron chi connectivity index (χ3n) is 4.60. The van der Waals surface area contributed by atoms with E-state index in [-0.39, 0.29) is 16.6 Å². The topological polar surface area (TPSA) is 59.3 Å². The quantitative estimate of drug-likeness (QED) is 0.420. The number of hydrogen-bond donors (Lipinski definition) is 1. The van der Waals surface area contributed by atoms with E-state index in [2.05, 4.69) is 21.2 Å². The molecule has 6 heteroatoms. The van der Waals surface area contributed by atoms with E-state index in [1.807, 2.05) is 30.3 Å². The number of benzene rings is 3. The molecule has 0 fully saturated rings. The number of hydrogen-bond acceptors (Lipinski definition) is 3. The van der Waals surface area contributed by atoms with Crippen LogP contribution in [-0.2, 0) is 0 Å². The maximum absolute atomic E-state index is 13.3. The number of halogens is 2. The second-order valence-corrected chi connectivity index (χ2v) is 7.37. The van der Waals surface area contributed by atoms with Crippen molar-refractivity contribution in [3.63, 3.8) is 0 Å². The fourth-order valence-corrected chi connectivity index (χ4v) is 3.58. The molecular weight excluding hydrogens is 437 g/mol. The zero-order valence-corrected chi connectivity index (χ0v) is 16.9. The lowest BCUT2D eigenvalue weighted by atomic mass is 10.0. The summed E-state index contributed by atoms with van der Waals surface area (Å²) in [7, 11) is 0. The summed E-state index contributed by atoms with van der Waals surface area (Å²) in [6.45, 7) is 1.70. The fourth-order valence-electron chi connectivity index (χ4n) is 3.13. The highest BCUT2D eigenvalue weighted by Gasteiger charge is 2.19. The van der Waals surface area contributed by atoms with Crippen molar-refractivity contribution >= 4 is 38.5 Å². The normalized spacial score (nSPS) is 10.9. The molecule has 4 aromatic rings. The molecule has 1 heterocycles. The number of carbonyl (C=O) groups excluding carboxylic acids is 1. The Kier molecular flexibility index (Phi) is 5.03. The van der Waals surface area contributed by atoms with Crippen molar-refractivity contribution in [1.82, 2.24) is 0 Å². The Morgan fingerprint density at radius 2 is 1.79 bits per heavy atom. The lowest BCUT2D eigenvalue weighted by Crippen LogP contribution is -2.15. The standard InChI is InChI=1S/C23H15BrFNO3/c1-13-20(27)16-8-5-9-17(22(16)29-21(13)14-6-3-2-4-7-14)23(28)26-19-11-10-15(25)12-18(19)24/h2-12H,1H3,(H,26,28). The van der Waals surface area contributed by atoms with Gasteiger partial charge in [0.05, 0.1) is 16.6 Å². The molecule has 0 aliphatic rings. The summed E-state index contributed by atoms with van der Waals surface area (Å²) >= 11 is 3.23. The molecule has 0 spiro atoms. The molecule has 0 saturated heterocycles. The Labute approximate surface area is 174 Å². The van der Waals surface area contributed by atoms with Crippen molar-refractivity contribution in [2.75, 3.05) is 5.32 Å². The van der Waals surface area contributed by atoms with E-state index < -0.39 is 11.7 Å². The molecule has 1 aromatic heterocycles. The molecule has 0 unspecified atom stereocenters. The number of para-hydroxylation sites is 1. The molecule has 4 nitrogen and oxygen atoms in total. The average Bonchev–Trinajstić information content (AvgIpc) is 2.73. The summed E-state index contributed by atoms with van der Waals surface area (Å²) in [5.74, 6) is -0.464. The SMILES string of the molecule is Cc1c(-c2ccccc2)oc2c(C(=O)Nc3ccc(F)cc3Br)cccc2c1=O. The summed E-state index contributed by atoms with van der Waals surface area (Å²) in [6.07, 6.45) is 0. The van der Waals surface area contributed by atoms with Crippen LogP contribution in [0.3, 0.4) is 0 Å². The monoisotopic (exact) mass is 451 g/mol. The van der Waals surface area contributed by atoms with Gasteiger partial charge in [-0.25, -0.2) is 4.39 Å². The van der Waals surface area contributed by atoms with Crippen LogP contribution < -0.4 is 10.7 Å². The zero-order chi connectivity index (χ0) is 20.5. The molecule has 29 heavy (non-hydrogen) atoms. The molecule has 0 aliphatic heterocycles. The van der Waals surface area contributed by atoms with E-state index in [9.17, 15) is 14.0 Å². The van der Waals surface area contributed by atoms with Crippen LogP contribution in [0.4, 0.5) is 10.1 Å². The zero-order valence-electron chi connectivity index (χ0n) is 15.3. The minimum absolute atomic E-state index is 0.192. The van der Waals surface area contributed by atoms with Crippen LogP contribution in [0.15, 0.2) is 80.4 Å². The van der Waals surface area contributed by atoms with E-state index in [1.54, 1.807) is 25.1 Å². The van der Waals surface area contributed by atoms with Gasteiger partial charge in [-0.1, -0.05) is 36.4 Å². The van der Waals surface area contributed by atoms with Gasteiger partial charge in [0.1, 0.15) is 11.6 Å². The van der Waals surface area contributed by atoms with Crippen LogP contribution >= 0.6 is 15.9 Å². The summed E-state index contributed by atoms with van der Waals surface area (Å²) < 4.78 is 19.8. The van der Waals surface area contributed by atoms with Gasteiger partial charge in [-0.15, -0.1) is 0 Å². The number of carbonyl (C=O) groups is 1. The van der Waals surface area contributed by atoms with E-state index in [0.717, 1.165) is 5.56 Å². The third-order valence-corrected chi connectivity index (χ3v) is 5.26. The van der Waals surface area contributed by atoms with Crippen LogP contribution in [0, 0.1) is 12.7 Å². The first-order chi connectivity index (χ1) is 14.0. The summed E-state index contributed by atoms with van der Waals surface area (Å²) in [6, 6.07) is 18.1. The van der Waals surface area contributed by atoms with Gasteiger partial charge in [0.25, 0.3) is 5.91 Å². The predicted octanol–water partition coefficient (Wildman–Crippen LogP) is 5.92. The molecule has 0 atom stereocenters. The Balaban J connectivity index is 1.86. The largest absolute Gasteiger partial charge is 0.455 e. The first-order valence-electron chi connectivity index (χ1n) is 8.84. The van der Waals surface area contributed by atoms with Crippen molar-refractivity contribution in [3.05, 3.63) is 98.4 Å². The first kappa shape index (κ1) is 19.1. The Hall–Kier alpha value is -3.25. The van der Waals surface area contributed by atoms with Gasteiger partial charge in [-0.05, 0) is 53.2 Å². The molecule has 0 aliphatic carbocycles. The second-order valence-electron chi connectivity index (χ2n) is 6.51. The van der Waals surface area contributed by atoms with E-state index >= 15 is 0 Å². The van der Waals surface area contributed by atoms with Gasteiger partial charge in [-0.2, -0.15) is 0 Å². The number of amides is 1. The van der Waals surface area contributed by atoms with Crippen LogP contribution in [0.25, 0.3) is 22.3 Å². The van der Waals surface area contributed by atoms with Crippen LogP contribution in [-0.4, -0.2) is 5.91 Å². The van der Waals surface area contributed by atoms with Crippen molar-refractivity contribution in [2.24, 2.45) is 0 Å². The van der Waals surface area contributed by atoms with E-state index in [0.29, 0.717) is 26.9 Å². The van der Waals surface area contributed by atoms with Gasteiger partial charge in [0, 0.05) is 15.6 Å². The van der Waals surface area contributed by atoms with Crippen molar-refractivity contribution < 1.29 is 13.6 Å². The number of rotatable bonds is 3. The highest BCUT2D eigenvalue weighted by atomic mass is 79.9. The molecule has 144 valence electrons. The van der Waals surface area contributed by atoms with E-state index in [4.69, 9.17) is 4.42 Å². The number of fused-ring (bicyclic) bond motifs is 1. The maximum atomic E-state index is 13.3. The van der Waals surface area contributed by atoms with Gasteiger partial charge < -0.3 is 9.73 Å². The highest BCUT2D eigenvalue weighted by molar-refractivity contribution is 9.10. The van der Waals surface area contributed by atoms with Crippen LogP contribution in [0.2, 0.25) is 0 Å². The van der Waals surface area contributed by atoms with Crippen LogP contribution in [0.5, 0.6) is 0 Å². The molecule has 4 rings (SSSR count). The molecular formula is C23H15BrFNO3. The van der Waals surface area contributed by atoms with Gasteiger partial charge >= 0.3 is 0 Å². The molecule has 1 amide bonds.